The van der Waals surface area contributed by atoms with Gasteiger partial charge in [0.15, 0.2) is 5.65 Å². The van der Waals surface area contributed by atoms with Crippen molar-refractivity contribution in [2.75, 3.05) is 0 Å². The van der Waals surface area contributed by atoms with E-state index in [0.29, 0.717) is 16.9 Å². The number of aromatic nitrogens is 4. The molecule has 3 rings (SSSR count). The molecular weight excluding hydrogens is 280 g/mol. The van der Waals surface area contributed by atoms with Crippen LogP contribution in [0.1, 0.15) is 26.6 Å². The molecule has 0 atom stereocenters. The van der Waals surface area contributed by atoms with Crippen molar-refractivity contribution >= 4 is 11.0 Å². The zero-order valence-electron chi connectivity index (χ0n) is 12.8. The molecule has 0 saturated carbocycles. The van der Waals surface area contributed by atoms with Gasteiger partial charge in [-0.1, -0.05) is 18.2 Å². The third kappa shape index (κ3) is 2.72. The summed E-state index contributed by atoms with van der Waals surface area (Å²) in [6.07, 6.45) is 1.55. The largest absolute Gasteiger partial charge is 0.486 e. The van der Waals surface area contributed by atoms with Crippen molar-refractivity contribution in [3.63, 3.8) is 0 Å². The molecule has 3 aromatic rings. The summed E-state index contributed by atoms with van der Waals surface area (Å²) in [6, 6.07) is 9.42. The Bertz CT molecular complexity index is 844. The van der Waals surface area contributed by atoms with Gasteiger partial charge in [0.05, 0.1) is 11.7 Å². The van der Waals surface area contributed by atoms with Crippen molar-refractivity contribution in [2.45, 2.75) is 32.9 Å². The molecule has 0 aliphatic rings. The molecule has 0 aliphatic heterocycles. The monoisotopic (exact) mass is 298 g/mol. The molecule has 1 aromatic carbocycles. The van der Waals surface area contributed by atoms with Gasteiger partial charge in [-0.15, -0.1) is 0 Å². The minimum atomic E-state index is -0.250. The van der Waals surface area contributed by atoms with Crippen molar-refractivity contribution < 1.29 is 4.74 Å². The van der Waals surface area contributed by atoms with E-state index in [4.69, 9.17) is 4.74 Å². The highest BCUT2D eigenvalue weighted by atomic mass is 16.5. The maximum absolute atomic E-state index is 12.1. The second kappa shape index (κ2) is 5.29. The molecule has 2 aromatic heterocycles. The van der Waals surface area contributed by atoms with Crippen LogP contribution in [0.2, 0.25) is 0 Å². The first-order valence-corrected chi connectivity index (χ1v) is 7.10. The number of para-hydroxylation sites is 1. The first kappa shape index (κ1) is 14.3. The van der Waals surface area contributed by atoms with Gasteiger partial charge in [0.1, 0.15) is 23.6 Å². The normalized spacial score (nSPS) is 11.8. The van der Waals surface area contributed by atoms with E-state index in [1.807, 2.05) is 51.1 Å². The minimum Gasteiger partial charge on any atom is -0.486 e. The predicted octanol–water partition coefficient (Wildman–Crippen LogP) is 2.45. The van der Waals surface area contributed by atoms with Gasteiger partial charge in [-0.25, -0.2) is 9.67 Å². The minimum absolute atomic E-state index is 0.199. The molecule has 0 aliphatic carbocycles. The third-order valence-electron chi connectivity index (χ3n) is 3.24. The fraction of sp³-hybridized carbons (Fsp3) is 0.312. The van der Waals surface area contributed by atoms with Crippen molar-refractivity contribution in [1.29, 1.82) is 0 Å². The van der Waals surface area contributed by atoms with Crippen LogP contribution >= 0.6 is 0 Å². The van der Waals surface area contributed by atoms with Crippen LogP contribution < -0.4 is 10.3 Å². The van der Waals surface area contributed by atoms with Gasteiger partial charge in [0.2, 0.25) is 0 Å². The van der Waals surface area contributed by atoms with E-state index in [0.717, 1.165) is 5.75 Å². The highest BCUT2D eigenvalue weighted by molar-refractivity contribution is 5.73. The molecule has 0 fully saturated rings. The lowest BCUT2D eigenvalue weighted by molar-refractivity contribution is 0.295. The van der Waals surface area contributed by atoms with Crippen LogP contribution in [0.15, 0.2) is 41.3 Å². The van der Waals surface area contributed by atoms with Crippen molar-refractivity contribution in [3.05, 3.63) is 52.7 Å². The molecule has 6 heteroatoms. The molecule has 1 N–H and O–H groups in total. The average Bonchev–Trinajstić information content (AvgIpc) is 2.91. The first-order valence-electron chi connectivity index (χ1n) is 7.10. The number of nitrogens with zero attached hydrogens (tertiary/aromatic N) is 3. The standard InChI is InChI=1S/C16H18N4O2/c1-16(2,3)20-14-12(9-17-20)15(21)19-13(18-14)10-22-11-7-5-4-6-8-11/h4-9H,10H2,1-3H3,(H,18,19,21). The van der Waals surface area contributed by atoms with Crippen molar-refractivity contribution in [3.8, 4) is 5.75 Å². The summed E-state index contributed by atoms with van der Waals surface area (Å²) in [5.74, 6) is 1.21. The van der Waals surface area contributed by atoms with Crippen LogP contribution in [-0.2, 0) is 12.1 Å². The van der Waals surface area contributed by atoms with Crippen LogP contribution in [0.4, 0.5) is 0 Å². The number of hydrogen-bond acceptors (Lipinski definition) is 4. The van der Waals surface area contributed by atoms with Gasteiger partial charge in [-0.3, -0.25) is 4.79 Å². The van der Waals surface area contributed by atoms with Crippen LogP contribution in [-0.4, -0.2) is 19.7 Å². The summed E-state index contributed by atoms with van der Waals surface area (Å²) < 4.78 is 7.39. The van der Waals surface area contributed by atoms with Crippen molar-refractivity contribution in [1.82, 2.24) is 19.7 Å². The highest BCUT2D eigenvalue weighted by Gasteiger charge is 2.19. The summed E-state index contributed by atoms with van der Waals surface area (Å²) in [5.41, 5.74) is 0.121. The molecule has 6 nitrogen and oxygen atoms in total. The molecular formula is C16H18N4O2. The fourth-order valence-electron chi connectivity index (χ4n) is 2.19. The molecule has 2 heterocycles. The second-order valence-electron chi connectivity index (χ2n) is 6.08. The van der Waals surface area contributed by atoms with Crippen LogP contribution in [0.3, 0.4) is 0 Å². The number of aromatic amines is 1. The number of H-pyrrole nitrogens is 1. The molecule has 0 spiro atoms. The molecule has 0 saturated heterocycles. The lowest BCUT2D eigenvalue weighted by atomic mass is 10.1. The van der Waals surface area contributed by atoms with E-state index in [1.165, 1.54) is 0 Å². The Labute approximate surface area is 127 Å². The zero-order valence-corrected chi connectivity index (χ0v) is 12.8. The summed E-state index contributed by atoms with van der Waals surface area (Å²) in [5, 5.41) is 4.76. The van der Waals surface area contributed by atoms with Crippen LogP contribution in [0.5, 0.6) is 5.75 Å². The Morgan fingerprint density at radius 2 is 1.95 bits per heavy atom. The lowest BCUT2D eigenvalue weighted by Crippen LogP contribution is -2.24. The summed E-state index contributed by atoms with van der Waals surface area (Å²) in [7, 11) is 0. The SMILES string of the molecule is CC(C)(C)n1ncc2c(=O)[nH]c(COc3ccccc3)nc21. The van der Waals surface area contributed by atoms with E-state index in [-0.39, 0.29) is 17.7 Å². The number of benzene rings is 1. The van der Waals surface area contributed by atoms with Crippen molar-refractivity contribution in [2.24, 2.45) is 0 Å². The molecule has 0 radical (unpaired) electrons. The molecule has 0 bridgehead atoms. The van der Waals surface area contributed by atoms with E-state index in [9.17, 15) is 4.79 Å². The topological polar surface area (TPSA) is 72.8 Å². The molecule has 0 amide bonds. The molecule has 0 unspecified atom stereocenters. The molecule has 114 valence electrons. The highest BCUT2D eigenvalue weighted by Crippen LogP contribution is 2.18. The maximum Gasteiger partial charge on any atom is 0.262 e. The number of nitrogens with one attached hydrogen (secondary N) is 1. The Hall–Kier alpha value is -2.63. The molecule has 22 heavy (non-hydrogen) atoms. The summed E-state index contributed by atoms with van der Waals surface area (Å²) >= 11 is 0. The summed E-state index contributed by atoms with van der Waals surface area (Å²) in [6.45, 7) is 6.25. The van der Waals surface area contributed by atoms with E-state index < -0.39 is 0 Å². The average molecular weight is 298 g/mol. The Morgan fingerprint density at radius 1 is 1.23 bits per heavy atom. The fourth-order valence-corrected chi connectivity index (χ4v) is 2.19. The number of fused-ring (bicyclic) bond motifs is 1. The van der Waals surface area contributed by atoms with E-state index in [2.05, 4.69) is 15.1 Å². The van der Waals surface area contributed by atoms with Gasteiger partial charge in [0.25, 0.3) is 5.56 Å². The zero-order chi connectivity index (χ0) is 15.7. The number of rotatable bonds is 3. The third-order valence-corrected chi connectivity index (χ3v) is 3.24. The van der Waals surface area contributed by atoms with Gasteiger partial charge >= 0.3 is 0 Å². The van der Waals surface area contributed by atoms with Gasteiger partial charge in [0, 0.05) is 0 Å². The Balaban J connectivity index is 1.96. The van der Waals surface area contributed by atoms with Gasteiger partial charge in [-0.2, -0.15) is 5.10 Å². The second-order valence-corrected chi connectivity index (χ2v) is 6.08. The van der Waals surface area contributed by atoms with E-state index in [1.54, 1.807) is 10.9 Å². The van der Waals surface area contributed by atoms with Gasteiger partial charge < -0.3 is 9.72 Å². The summed E-state index contributed by atoms with van der Waals surface area (Å²) in [4.78, 5) is 19.4. The Morgan fingerprint density at radius 3 is 2.64 bits per heavy atom. The first-order chi connectivity index (χ1) is 10.4. The smallest absolute Gasteiger partial charge is 0.262 e. The maximum atomic E-state index is 12.1. The van der Waals surface area contributed by atoms with Crippen LogP contribution in [0.25, 0.3) is 11.0 Å². The number of ether oxygens (including phenoxy) is 1. The predicted molar refractivity (Wildman–Crippen MR) is 83.9 cm³/mol. The quantitative estimate of drug-likeness (QED) is 0.806. The van der Waals surface area contributed by atoms with Gasteiger partial charge in [-0.05, 0) is 32.9 Å². The van der Waals surface area contributed by atoms with Crippen LogP contribution in [0, 0.1) is 0 Å². The number of hydrogen-bond donors (Lipinski definition) is 1. The van der Waals surface area contributed by atoms with E-state index >= 15 is 0 Å². The lowest BCUT2D eigenvalue weighted by Gasteiger charge is -2.19. The Kier molecular flexibility index (Phi) is 3.44.